The molecule has 0 amide bonds. The lowest BCUT2D eigenvalue weighted by Gasteiger charge is -2.39. The number of carboxylic acids is 2. The van der Waals surface area contributed by atoms with Gasteiger partial charge in [0.15, 0.2) is 0 Å². The maximum absolute atomic E-state index is 14.0. The summed E-state index contributed by atoms with van der Waals surface area (Å²) in [5.74, 6) is -2.01. The molecule has 3 fully saturated rings. The highest BCUT2D eigenvalue weighted by atomic mass is 19.4. The Balaban J connectivity index is 0.000000426. The molecule has 2 saturated carbocycles. The van der Waals surface area contributed by atoms with E-state index in [9.17, 15) is 27.2 Å². The molecule has 218 valence electrons. The van der Waals surface area contributed by atoms with Gasteiger partial charge in [0.05, 0.1) is 11.1 Å². The van der Waals surface area contributed by atoms with Crippen LogP contribution in [0.4, 0.5) is 23.2 Å². The summed E-state index contributed by atoms with van der Waals surface area (Å²) >= 11 is 0. The van der Waals surface area contributed by atoms with Crippen LogP contribution in [0.1, 0.15) is 48.3 Å². The number of halogens is 4. The van der Waals surface area contributed by atoms with Gasteiger partial charge in [0.1, 0.15) is 11.9 Å². The molecule has 1 heterocycles. The number of fused-ring (bicyclic) bond motifs is 1. The normalized spacial score (nSPS) is 24.4. The zero-order valence-corrected chi connectivity index (χ0v) is 22.2. The monoisotopic (exact) mass is 573 g/mol. The zero-order valence-electron chi connectivity index (χ0n) is 22.2. The smallest absolute Gasteiger partial charge is 0.416 e. The summed E-state index contributed by atoms with van der Waals surface area (Å²) in [4.78, 5) is 23.8. The van der Waals surface area contributed by atoms with E-state index < -0.39 is 29.5 Å². The van der Waals surface area contributed by atoms with Gasteiger partial charge in [0, 0.05) is 50.1 Å². The summed E-state index contributed by atoms with van der Waals surface area (Å²) in [6, 6.07) is 13.2. The number of nitrogens with zero attached hydrogens (tertiary/aromatic N) is 3. The molecule has 3 aliphatic rings. The van der Waals surface area contributed by atoms with Crippen LogP contribution in [0.3, 0.4) is 0 Å². The number of piperazine rings is 1. The Labute approximate surface area is 235 Å². The number of carbonyl (C=O) groups is 2. The van der Waals surface area contributed by atoms with Crippen LogP contribution in [-0.2, 0) is 15.8 Å². The van der Waals surface area contributed by atoms with Gasteiger partial charge in [-0.1, -0.05) is 18.2 Å². The Hall–Kier alpha value is -3.91. The Morgan fingerprint density at radius 1 is 0.902 bits per heavy atom. The third-order valence-electron chi connectivity index (χ3n) is 8.33. The van der Waals surface area contributed by atoms with Crippen molar-refractivity contribution in [1.82, 2.24) is 4.90 Å². The molecular formula is C30H31F4N3O4. The van der Waals surface area contributed by atoms with Crippen LogP contribution in [0.5, 0.6) is 0 Å². The Bertz CT molecular complexity index is 1300. The summed E-state index contributed by atoms with van der Waals surface area (Å²) in [6.07, 6.45) is 0.623. The topological polar surface area (TPSA) is 105 Å². The van der Waals surface area contributed by atoms with Crippen molar-refractivity contribution in [2.75, 3.05) is 31.1 Å². The van der Waals surface area contributed by atoms with Crippen molar-refractivity contribution in [2.24, 2.45) is 11.8 Å². The lowest BCUT2D eigenvalue weighted by atomic mass is 9.90. The van der Waals surface area contributed by atoms with Gasteiger partial charge in [0.2, 0.25) is 0 Å². The van der Waals surface area contributed by atoms with Crippen molar-refractivity contribution >= 4 is 17.6 Å². The second kappa shape index (κ2) is 12.7. The molecule has 0 bridgehead atoms. The second-order valence-electron chi connectivity index (χ2n) is 10.7. The first-order chi connectivity index (χ1) is 19.5. The Kier molecular flexibility index (Phi) is 9.33. The van der Waals surface area contributed by atoms with Gasteiger partial charge in [-0.2, -0.15) is 18.4 Å². The van der Waals surface area contributed by atoms with Crippen LogP contribution in [0.25, 0.3) is 0 Å². The summed E-state index contributed by atoms with van der Waals surface area (Å²) in [5.41, 5.74) is 0.868. The molecular weight excluding hydrogens is 542 g/mol. The molecule has 0 aromatic heterocycles. The average Bonchev–Trinajstić information content (AvgIpc) is 3.52. The molecule has 2 aromatic rings. The predicted octanol–water partition coefficient (Wildman–Crippen LogP) is 5.52. The number of hydrogen-bond donors (Lipinski definition) is 2. The minimum atomic E-state index is -4.30. The van der Waals surface area contributed by atoms with Crippen LogP contribution >= 0.6 is 0 Å². The number of anilines is 1. The minimum Gasteiger partial charge on any atom is -0.478 e. The fourth-order valence-electron chi connectivity index (χ4n) is 6.53. The molecule has 1 aliphatic heterocycles. The summed E-state index contributed by atoms with van der Waals surface area (Å²) in [7, 11) is 0. The highest BCUT2D eigenvalue weighted by Gasteiger charge is 2.46. The molecule has 2 atom stereocenters. The number of nitriles is 1. The predicted molar refractivity (Wildman–Crippen MR) is 143 cm³/mol. The quantitative estimate of drug-likeness (QED) is 0.358. The summed E-state index contributed by atoms with van der Waals surface area (Å²) < 4.78 is 54.4. The zero-order chi connectivity index (χ0) is 29.7. The first kappa shape index (κ1) is 30.1. The van der Waals surface area contributed by atoms with Gasteiger partial charge >= 0.3 is 18.1 Å². The summed E-state index contributed by atoms with van der Waals surface area (Å²) in [5, 5.41) is 24.5. The maximum Gasteiger partial charge on any atom is 0.416 e. The third-order valence-corrected chi connectivity index (χ3v) is 8.33. The van der Waals surface area contributed by atoms with E-state index in [-0.39, 0.29) is 11.5 Å². The maximum atomic E-state index is 14.0. The molecule has 2 unspecified atom stereocenters. The van der Waals surface area contributed by atoms with E-state index in [0.29, 0.717) is 35.6 Å². The number of benzene rings is 2. The largest absolute Gasteiger partial charge is 0.478 e. The molecule has 5 rings (SSSR count). The minimum absolute atomic E-state index is 0.00176. The van der Waals surface area contributed by atoms with Gasteiger partial charge in [0.25, 0.3) is 0 Å². The van der Waals surface area contributed by atoms with E-state index in [0.717, 1.165) is 57.5 Å². The van der Waals surface area contributed by atoms with E-state index in [1.807, 2.05) is 6.07 Å². The number of alkyl halides is 3. The van der Waals surface area contributed by atoms with Gasteiger partial charge in [-0.15, -0.1) is 0 Å². The van der Waals surface area contributed by atoms with Crippen molar-refractivity contribution in [2.45, 2.75) is 43.8 Å². The number of aliphatic carboxylic acids is 2. The van der Waals surface area contributed by atoms with Gasteiger partial charge in [-0.05, 0) is 73.3 Å². The van der Waals surface area contributed by atoms with Crippen molar-refractivity contribution < 1.29 is 37.4 Å². The van der Waals surface area contributed by atoms with E-state index in [1.54, 1.807) is 18.2 Å². The lowest BCUT2D eigenvalue weighted by molar-refractivity contribution is -0.138. The van der Waals surface area contributed by atoms with E-state index in [2.05, 4.69) is 9.80 Å². The van der Waals surface area contributed by atoms with Crippen molar-refractivity contribution in [3.8, 4) is 6.07 Å². The van der Waals surface area contributed by atoms with Crippen molar-refractivity contribution in [3.63, 3.8) is 0 Å². The molecule has 0 spiro atoms. The first-order valence-electron chi connectivity index (χ1n) is 13.4. The van der Waals surface area contributed by atoms with Crippen molar-refractivity contribution in [1.29, 1.82) is 5.26 Å². The number of hydrogen-bond acceptors (Lipinski definition) is 5. The van der Waals surface area contributed by atoms with E-state index >= 15 is 0 Å². The van der Waals surface area contributed by atoms with Gasteiger partial charge < -0.3 is 15.1 Å². The summed E-state index contributed by atoms with van der Waals surface area (Å²) in [6.45, 7) is 3.40. The molecule has 2 aromatic carbocycles. The van der Waals surface area contributed by atoms with Gasteiger partial charge in [-0.3, -0.25) is 4.90 Å². The highest BCUT2D eigenvalue weighted by Crippen LogP contribution is 2.53. The van der Waals surface area contributed by atoms with Gasteiger partial charge in [-0.25, -0.2) is 14.0 Å². The van der Waals surface area contributed by atoms with Crippen LogP contribution in [0.2, 0.25) is 0 Å². The molecule has 41 heavy (non-hydrogen) atoms. The van der Waals surface area contributed by atoms with Crippen molar-refractivity contribution in [3.05, 3.63) is 77.1 Å². The second-order valence-corrected chi connectivity index (χ2v) is 10.7. The fraction of sp³-hybridized carbons (Fsp3) is 0.433. The van der Waals surface area contributed by atoms with Crippen LogP contribution in [-0.4, -0.2) is 59.3 Å². The first-order valence-corrected chi connectivity index (χ1v) is 13.4. The third kappa shape index (κ3) is 7.44. The number of rotatable bonds is 5. The molecule has 0 radical (unpaired) electrons. The van der Waals surface area contributed by atoms with Crippen LogP contribution < -0.4 is 4.90 Å². The van der Waals surface area contributed by atoms with E-state index in [1.165, 1.54) is 24.3 Å². The molecule has 1 saturated heterocycles. The fourth-order valence-corrected chi connectivity index (χ4v) is 6.53. The average molecular weight is 574 g/mol. The molecule has 2 aliphatic carbocycles. The van der Waals surface area contributed by atoms with E-state index in [4.69, 9.17) is 15.5 Å². The van der Waals surface area contributed by atoms with Crippen LogP contribution in [0.15, 0.2) is 54.6 Å². The standard InChI is InChI=1S/C26H27F4N3.C4H4O4/c27-25-15-21(6-5-17(25)16-31)32-7-9-33(10-8-32)22-13-18-11-20(12-19(18)14-22)23-3-1-2-4-24(23)26(28,29)30;5-3(6)1-2-4(7)8/h1-6,15,18-20,22H,7-14H2;1-2H,(H,5,6)(H,7,8)/b;2-1+. The molecule has 11 heteroatoms. The Morgan fingerprint density at radius 2 is 1.49 bits per heavy atom. The number of carboxylic acid groups (broad SMARTS) is 2. The molecule has 2 N–H and O–H groups in total. The molecule has 7 nitrogen and oxygen atoms in total. The highest BCUT2D eigenvalue weighted by molar-refractivity contribution is 5.89. The Morgan fingerprint density at radius 3 is 2.00 bits per heavy atom. The lowest BCUT2D eigenvalue weighted by Crippen LogP contribution is -2.50. The SMILES string of the molecule is N#Cc1ccc(N2CCN(C3CC4CC(c5ccccc5C(F)(F)F)CC4C3)CC2)cc1F.O=C(O)/C=C/C(=O)O. The van der Waals surface area contributed by atoms with Crippen LogP contribution in [0, 0.1) is 29.0 Å².